The fraction of sp³-hybridized carbons (Fsp3) is 0.129. The number of amides is 1. The van der Waals surface area contributed by atoms with Crippen LogP contribution < -0.4 is 16.0 Å². The molecule has 3 N–H and O–H groups in total. The van der Waals surface area contributed by atoms with Gasteiger partial charge in [0, 0.05) is 23.0 Å². The monoisotopic (exact) mass is 457 g/mol. The van der Waals surface area contributed by atoms with E-state index in [9.17, 15) is 4.79 Å². The average Bonchev–Trinajstić information content (AvgIpc) is 3.40. The molecule has 0 saturated carbocycles. The number of carbonyl (C=O) groups is 1. The first-order chi connectivity index (χ1) is 17.3. The van der Waals surface area contributed by atoms with Gasteiger partial charge in [0.05, 0.1) is 17.3 Å². The minimum absolute atomic E-state index is 0.106. The van der Waals surface area contributed by atoms with Crippen LogP contribution in [0.5, 0.6) is 0 Å². The molecule has 35 heavy (non-hydrogen) atoms. The van der Waals surface area contributed by atoms with E-state index in [4.69, 9.17) is 0 Å². The molecule has 3 unspecified atom stereocenters. The minimum Gasteiger partial charge on any atom is -0.377 e. The van der Waals surface area contributed by atoms with Crippen LogP contribution in [-0.2, 0) is 0 Å². The summed E-state index contributed by atoms with van der Waals surface area (Å²) in [6.07, 6.45) is 5.62. The molecule has 4 aromatic carbocycles. The Hall–Kier alpha value is -4.31. The van der Waals surface area contributed by atoms with Crippen LogP contribution in [0.1, 0.15) is 39.9 Å². The molecule has 4 heteroatoms. The maximum Gasteiger partial charge on any atom is 0.257 e. The number of anilines is 4. The molecule has 6 rings (SSSR count). The molecule has 2 aliphatic rings. The summed E-state index contributed by atoms with van der Waals surface area (Å²) in [7, 11) is 0. The van der Waals surface area contributed by atoms with E-state index in [2.05, 4.69) is 58.4 Å². The standard InChI is InChI=1S/C31H27N3O/c35-31(33-24-19-17-23(18-20-24)32-22-11-5-2-6-12-22)28-16-8-15-27-25-13-7-14-26(25)29(34-30(27)28)21-9-3-1-4-10-21/h1-13,15-20,25-26,29,32,34H,14H2,(H,33,35). The van der Waals surface area contributed by atoms with Crippen molar-refractivity contribution in [2.75, 3.05) is 16.0 Å². The van der Waals surface area contributed by atoms with E-state index >= 15 is 0 Å². The number of benzene rings is 4. The fourth-order valence-electron chi connectivity index (χ4n) is 5.32. The maximum absolute atomic E-state index is 13.4. The average molecular weight is 458 g/mol. The highest BCUT2D eigenvalue weighted by atomic mass is 16.1. The lowest BCUT2D eigenvalue weighted by Gasteiger charge is -2.38. The van der Waals surface area contributed by atoms with Crippen molar-refractivity contribution >= 4 is 28.7 Å². The highest BCUT2D eigenvalue weighted by Crippen LogP contribution is 2.50. The van der Waals surface area contributed by atoms with Gasteiger partial charge in [-0.1, -0.05) is 72.8 Å². The largest absolute Gasteiger partial charge is 0.377 e. The quantitative estimate of drug-likeness (QED) is 0.272. The predicted molar refractivity (Wildman–Crippen MR) is 143 cm³/mol. The van der Waals surface area contributed by atoms with E-state index in [1.165, 1.54) is 11.1 Å². The van der Waals surface area contributed by atoms with E-state index in [0.717, 1.165) is 29.2 Å². The van der Waals surface area contributed by atoms with Crippen LogP contribution in [0.25, 0.3) is 0 Å². The third kappa shape index (κ3) is 4.19. The van der Waals surface area contributed by atoms with E-state index in [-0.39, 0.29) is 11.9 Å². The zero-order valence-corrected chi connectivity index (χ0v) is 19.3. The molecule has 0 bridgehead atoms. The first-order valence-corrected chi connectivity index (χ1v) is 12.1. The molecule has 0 saturated heterocycles. The number of hydrogen-bond donors (Lipinski definition) is 3. The maximum atomic E-state index is 13.4. The zero-order valence-electron chi connectivity index (χ0n) is 19.3. The highest BCUT2D eigenvalue weighted by molar-refractivity contribution is 6.08. The van der Waals surface area contributed by atoms with Crippen molar-refractivity contribution in [2.45, 2.75) is 18.4 Å². The first kappa shape index (κ1) is 21.2. The summed E-state index contributed by atoms with van der Waals surface area (Å²) < 4.78 is 0. The van der Waals surface area contributed by atoms with Gasteiger partial charge in [0.15, 0.2) is 0 Å². The summed E-state index contributed by atoms with van der Waals surface area (Å²) in [5, 5.41) is 10.2. The van der Waals surface area contributed by atoms with Gasteiger partial charge >= 0.3 is 0 Å². The van der Waals surface area contributed by atoms with E-state index < -0.39 is 0 Å². The number of allylic oxidation sites excluding steroid dienone is 2. The van der Waals surface area contributed by atoms with Crippen LogP contribution in [-0.4, -0.2) is 5.91 Å². The number of nitrogens with one attached hydrogen (secondary N) is 3. The molecule has 4 aromatic rings. The number of rotatable bonds is 5. The Morgan fingerprint density at radius 2 is 1.43 bits per heavy atom. The summed E-state index contributed by atoms with van der Waals surface area (Å²) in [6, 6.07) is 34.6. The van der Waals surface area contributed by atoms with Gasteiger partial charge in [-0.25, -0.2) is 0 Å². The number of para-hydroxylation sites is 2. The summed E-state index contributed by atoms with van der Waals surface area (Å²) in [6.45, 7) is 0. The van der Waals surface area contributed by atoms with Crippen LogP contribution in [0.3, 0.4) is 0 Å². The van der Waals surface area contributed by atoms with Crippen molar-refractivity contribution in [2.24, 2.45) is 5.92 Å². The van der Waals surface area contributed by atoms with E-state index in [1.807, 2.05) is 72.8 Å². The van der Waals surface area contributed by atoms with Crippen LogP contribution >= 0.6 is 0 Å². The summed E-state index contributed by atoms with van der Waals surface area (Å²) in [5.41, 5.74) is 6.83. The van der Waals surface area contributed by atoms with Crippen LogP contribution in [0.2, 0.25) is 0 Å². The molecule has 4 nitrogen and oxygen atoms in total. The Balaban J connectivity index is 1.25. The number of fused-ring (bicyclic) bond motifs is 3. The lowest BCUT2D eigenvalue weighted by atomic mass is 9.76. The predicted octanol–water partition coefficient (Wildman–Crippen LogP) is 7.51. The second kappa shape index (κ2) is 9.15. The van der Waals surface area contributed by atoms with Crippen LogP contribution in [0, 0.1) is 5.92 Å². The molecule has 0 aromatic heterocycles. The molecule has 172 valence electrons. The smallest absolute Gasteiger partial charge is 0.257 e. The van der Waals surface area contributed by atoms with Gasteiger partial charge in [0.1, 0.15) is 0 Å². The highest BCUT2D eigenvalue weighted by Gasteiger charge is 2.39. The normalized spacial score (nSPS) is 19.8. The molecule has 0 spiro atoms. The van der Waals surface area contributed by atoms with Crippen molar-refractivity contribution in [3.8, 4) is 0 Å². The Morgan fingerprint density at radius 3 is 2.20 bits per heavy atom. The van der Waals surface area contributed by atoms with Crippen molar-refractivity contribution < 1.29 is 4.79 Å². The molecular formula is C31H27N3O. The Bertz CT molecular complexity index is 1360. The topological polar surface area (TPSA) is 53.2 Å². The Kier molecular flexibility index (Phi) is 5.55. The first-order valence-electron chi connectivity index (χ1n) is 12.1. The molecule has 1 amide bonds. The summed E-state index contributed by atoms with van der Waals surface area (Å²) >= 11 is 0. The van der Waals surface area contributed by atoms with Crippen LogP contribution in [0.15, 0.2) is 115 Å². The molecular weight excluding hydrogens is 430 g/mol. The second-order valence-electron chi connectivity index (χ2n) is 9.18. The van der Waals surface area contributed by atoms with Crippen molar-refractivity contribution in [3.05, 3.63) is 132 Å². The molecule has 3 atom stereocenters. The van der Waals surface area contributed by atoms with Crippen molar-refractivity contribution in [3.63, 3.8) is 0 Å². The minimum atomic E-state index is -0.106. The SMILES string of the molecule is O=C(Nc1ccc(Nc2ccccc2)cc1)c1cccc2c1NC(c1ccccc1)C1CC=CC21. The van der Waals surface area contributed by atoms with E-state index in [1.54, 1.807) is 0 Å². The Labute approximate surface area is 205 Å². The van der Waals surface area contributed by atoms with E-state index in [0.29, 0.717) is 17.4 Å². The lowest BCUT2D eigenvalue weighted by molar-refractivity contribution is 0.102. The van der Waals surface area contributed by atoms with Gasteiger partial charge in [-0.3, -0.25) is 4.79 Å². The Morgan fingerprint density at radius 1 is 0.743 bits per heavy atom. The van der Waals surface area contributed by atoms with Gasteiger partial charge in [-0.2, -0.15) is 0 Å². The third-order valence-corrected chi connectivity index (χ3v) is 7.01. The fourth-order valence-corrected chi connectivity index (χ4v) is 5.32. The van der Waals surface area contributed by atoms with Gasteiger partial charge in [-0.05, 0) is 65.9 Å². The van der Waals surface area contributed by atoms with Crippen molar-refractivity contribution in [1.82, 2.24) is 0 Å². The molecule has 0 fully saturated rings. The van der Waals surface area contributed by atoms with Crippen molar-refractivity contribution in [1.29, 1.82) is 0 Å². The van der Waals surface area contributed by atoms with Gasteiger partial charge in [0.2, 0.25) is 0 Å². The summed E-state index contributed by atoms with van der Waals surface area (Å²) in [5.74, 6) is 0.658. The molecule has 1 aliphatic heterocycles. The molecule has 1 aliphatic carbocycles. The number of carbonyl (C=O) groups excluding carboxylic acids is 1. The van der Waals surface area contributed by atoms with Crippen LogP contribution in [0.4, 0.5) is 22.7 Å². The zero-order chi connectivity index (χ0) is 23.6. The third-order valence-electron chi connectivity index (χ3n) is 7.01. The number of hydrogen-bond acceptors (Lipinski definition) is 3. The second-order valence-corrected chi connectivity index (χ2v) is 9.18. The molecule has 1 heterocycles. The van der Waals surface area contributed by atoms with Gasteiger partial charge < -0.3 is 16.0 Å². The summed E-state index contributed by atoms with van der Waals surface area (Å²) in [4.78, 5) is 13.4. The lowest BCUT2D eigenvalue weighted by Crippen LogP contribution is -2.30. The van der Waals surface area contributed by atoms with Gasteiger partial charge in [-0.15, -0.1) is 0 Å². The molecule has 0 radical (unpaired) electrons. The van der Waals surface area contributed by atoms with Gasteiger partial charge in [0.25, 0.3) is 5.91 Å².